The zero-order chi connectivity index (χ0) is 18.3. The van der Waals surface area contributed by atoms with Gasteiger partial charge in [0.2, 0.25) is 0 Å². The molecule has 0 bridgehead atoms. The SMILES string of the molecule is O=C(O)Cc1ccccc1Nc1c(Cl)cccc1Cl.O=S(=O)(O)O. The molecule has 0 aliphatic carbocycles. The fraction of sp³-hybridized carbons (Fsp3) is 0.0714. The molecule has 0 radical (unpaired) electrons. The van der Waals surface area contributed by atoms with Crippen molar-refractivity contribution in [3.05, 3.63) is 58.1 Å². The molecule has 0 aromatic heterocycles. The average molecular weight is 394 g/mol. The van der Waals surface area contributed by atoms with Crippen molar-refractivity contribution in [2.45, 2.75) is 6.42 Å². The molecular formula is C14H13Cl2NO6S. The smallest absolute Gasteiger partial charge is 0.394 e. The number of para-hydroxylation sites is 2. The van der Waals surface area contributed by atoms with Crippen molar-refractivity contribution in [1.29, 1.82) is 0 Å². The van der Waals surface area contributed by atoms with Crippen molar-refractivity contribution in [3.63, 3.8) is 0 Å². The topological polar surface area (TPSA) is 124 Å². The van der Waals surface area contributed by atoms with Crippen LogP contribution >= 0.6 is 23.2 Å². The highest BCUT2D eigenvalue weighted by Crippen LogP contribution is 2.33. The molecule has 10 heteroatoms. The molecule has 0 atom stereocenters. The predicted molar refractivity (Wildman–Crippen MR) is 91.7 cm³/mol. The largest absolute Gasteiger partial charge is 0.481 e. The standard InChI is InChI=1S/C14H11Cl2NO2.H2O4S/c15-10-5-3-6-11(16)14(10)17-12-7-2-1-4-9(12)8-13(18)19;1-5(2,3)4/h1-7,17H,8H2,(H,18,19);(H2,1,2,3,4). The Morgan fingerprint density at radius 3 is 2.00 bits per heavy atom. The number of carboxylic acid groups (broad SMARTS) is 1. The van der Waals surface area contributed by atoms with Crippen LogP contribution in [0.25, 0.3) is 0 Å². The monoisotopic (exact) mass is 393 g/mol. The van der Waals surface area contributed by atoms with Gasteiger partial charge in [0, 0.05) is 5.69 Å². The third-order valence-electron chi connectivity index (χ3n) is 2.58. The summed E-state index contributed by atoms with van der Waals surface area (Å²) in [5, 5.41) is 12.9. The van der Waals surface area contributed by atoms with Gasteiger partial charge in [0.05, 0.1) is 22.2 Å². The van der Waals surface area contributed by atoms with Crippen LogP contribution in [0, 0.1) is 0 Å². The lowest BCUT2D eigenvalue weighted by Crippen LogP contribution is -2.04. The molecule has 0 amide bonds. The molecule has 24 heavy (non-hydrogen) atoms. The van der Waals surface area contributed by atoms with Gasteiger partial charge in [-0.3, -0.25) is 13.9 Å². The van der Waals surface area contributed by atoms with Crippen molar-refractivity contribution >= 4 is 50.9 Å². The Morgan fingerprint density at radius 1 is 1.00 bits per heavy atom. The quantitative estimate of drug-likeness (QED) is 0.583. The summed E-state index contributed by atoms with van der Waals surface area (Å²) in [6.07, 6.45) is -0.0642. The molecule has 2 rings (SSSR count). The van der Waals surface area contributed by atoms with Crippen molar-refractivity contribution in [2.75, 3.05) is 5.32 Å². The van der Waals surface area contributed by atoms with Gasteiger partial charge in [-0.1, -0.05) is 47.5 Å². The fourth-order valence-corrected chi connectivity index (χ4v) is 2.20. The van der Waals surface area contributed by atoms with Crippen LogP contribution in [0.5, 0.6) is 0 Å². The van der Waals surface area contributed by atoms with Crippen LogP contribution in [-0.4, -0.2) is 28.6 Å². The maximum atomic E-state index is 10.8. The Morgan fingerprint density at radius 2 is 1.50 bits per heavy atom. The molecule has 130 valence electrons. The van der Waals surface area contributed by atoms with Gasteiger partial charge in [-0.2, -0.15) is 8.42 Å². The minimum atomic E-state index is -4.67. The number of rotatable bonds is 4. The lowest BCUT2D eigenvalue weighted by atomic mass is 10.1. The first-order valence-electron chi connectivity index (χ1n) is 6.28. The summed E-state index contributed by atoms with van der Waals surface area (Å²) in [6, 6.07) is 12.3. The van der Waals surface area contributed by atoms with E-state index in [2.05, 4.69) is 5.32 Å². The zero-order valence-electron chi connectivity index (χ0n) is 12.0. The second-order valence-electron chi connectivity index (χ2n) is 4.40. The number of hydrogen-bond donors (Lipinski definition) is 4. The van der Waals surface area contributed by atoms with E-state index in [-0.39, 0.29) is 6.42 Å². The van der Waals surface area contributed by atoms with E-state index in [0.29, 0.717) is 27.0 Å². The van der Waals surface area contributed by atoms with E-state index in [4.69, 9.17) is 45.8 Å². The van der Waals surface area contributed by atoms with Gasteiger partial charge in [0.25, 0.3) is 0 Å². The highest BCUT2D eigenvalue weighted by Gasteiger charge is 2.10. The molecular weight excluding hydrogens is 381 g/mol. The first kappa shape index (κ1) is 20.2. The van der Waals surface area contributed by atoms with Gasteiger partial charge in [-0.05, 0) is 23.8 Å². The van der Waals surface area contributed by atoms with Crippen LogP contribution in [-0.2, 0) is 21.6 Å². The highest BCUT2D eigenvalue weighted by atomic mass is 35.5. The van der Waals surface area contributed by atoms with Crippen molar-refractivity contribution in [1.82, 2.24) is 0 Å². The number of hydrogen-bond acceptors (Lipinski definition) is 4. The molecule has 0 heterocycles. The van der Waals surface area contributed by atoms with Crippen LogP contribution in [0.4, 0.5) is 11.4 Å². The van der Waals surface area contributed by atoms with Crippen LogP contribution in [0.1, 0.15) is 5.56 Å². The third kappa shape index (κ3) is 7.62. The molecule has 7 nitrogen and oxygen atoms in total. The van der Waals surface area contributed by atoms with E-state index in [1.165, 1.54) is 0 Å². The summed E-state index contributed by atoms with van der Waals surface area (Å²) in [7, 11) is -4.67. The number of anilines is 2. The number of carbonyl (C=O) groups is 1. The van der Waals surface area contributed by atoms with E-state index in [1.54, 1.807) is 36.4 Å². The van der Waals surface area contributed by atoms with E-state index in [9.17, 15) is 4.79 Å². The molecule has 4 N–H and O–H groups in total. The molecule has 0 spiro atoms. The molecule has 0 aliphatic heterocycles. The van der Waals surface area contributed by atoms with Gasteiger partial charge >= 0.3 is 16.4 Å². The molecule has 0 aliphatic rings. The van der Waals surface area contributed by atoms with E-state index in [1.807, 2.05) is 6.07 Å². The van der Waals surface area contributed by atoms with Crippen LogP contribution in [0.2, 0.25) is 10.0 Å². The Kier molecular flexibility index (Phi) is 7.46. The van der Waals surface area contributed by atoms with Crippen molar-refractivity contribution in [2.24, 2.45) is 0 Å². The number of carboxylic acids is 1. The minimum absolute atomic E-state index is 0.0642. The molecule has 0 saturated heterocycles. The van der Waals surface area contributed by atoms with Gasteiger partial charge in [-0.15, -0.1) is 0 Å². The van der Waals surface area contributed by atoms with E-state index >= 15 is 0 Å². The van der Waals surface area contributed by atoms with Crippen LogP contribution < -0.4 is 5.32 Å². The summed E-state index contributed by atoms with van der Waals surface area (Å²) in [5.74, 6) is -0.889. The lowest BCUT2D eigenvalue weighted by molar-refractivity contribution is -0.136. The van der Waals surface area contributed by atoms with E-state index < -0.39 is 16.4 Å². The highest BCUT2D eigenvalue weighted by molar-refractivity contribution is 7.79. The fourth-order valence-electron chi connectivity index (χ4n) is 1.71. The number of aliphatic carboxylic acids is 1. The molecule has 0 saturated carbocycles. The third-order valence-corrected chi connectivity index (χ3v) is 3.21. The first-order chi connectivity index (χ1) is 11.1. The minimum Gasteiger partial charge on any atom is -0.481 e. The Bertz CT molecular complexity index is 798. The van der Waals surface area contributed by atoms with Crippen molar-refractivity contribution < 1.29 is 27.4 Å². The maximum absolute atomic E-state index is 10.8. The lowest BCUT2D eigenvalue weighted by Gasteiger charge is -2.13. The number of halogens is 2. The summed E-state index contributed by atoms with van der Waals surface area (Å²) < 4.78 is 31.6. The maximum Gasteiger partial charge on any atom is 0.394 e. The second kappa shape index (κ2) is 8.86. The van der Waals surface area contributed by atoms with Gasteiger partial charge in [-0.25, -0.2) is 0 Å². The number of benzene rings is 2. The summed E-state index contributed by atoms with van der Waals surface area (Å²) in [4.78, 5) is 10.8. The van der Waals surface area contributed by atoms with Gasteiger partial charge in [0.15, 0.2) is 0 Å². The first-order valence-corrected chi connectivity index (χ1v) is 8.44. The predicted octanol–water partition coefficient (Wildman–Crippen LogP) is 3.71. The molecule has 0 unspecified atom stereocenters. The summed E-state index contributed by atoms with van der Waals surface area (Å²) in [6.45, 7) is 0. The summed E-state index contributed by atoms with van der Waals surface area (Å²) >= 11 is 12.1. The van der Waals surface area contributed by atoms with E-state index in [0.717, 1.165) is 0 Å². The zero-order valence-corrected chi connectivity index (χ0v) is 14.3. The van der Waals surface area contributed by atoms with Gasteiger partial charge in [0.1, 0.15) is 0 Å². The normalized spacial score (nSPS) is 10.5. The number of nitrogens with one attached hydrogen (secondary N) is 1. The second-order valence-corrected chi connectivity index (χ2v) is 6.11. The van der Waals surface area contributed by atoms with Crippen molar-refractivity contribution in [3.8, 4) is 0 Å². The Hall–Kier alpha value is -1.84. The van der Waals surface area contributed by atoms with Crippen LogP contribution in [0.15, 0.2) is 42.5 Å². The van der Waals surface area contributed by atoms with Crippen LogP contribution in [0.3, 0.4) is 0 Å². The van der Waals surface area contributed by atoms with Gasteiger partial charge < -0.3 is 10.4 Å². The Balaban J connectivity index is 0.000000505. The molecule has 2 aromatic carbocycles. The molecule has 0 fully saturated rings. The summed E-state index contributed by atoms with van der Waals surface area (Å²) in [5.41, 5.74) is 1.93. The average Bonchev–Trinajstić information content (AvgIpc) is 2.42. The Labute approximate surface area is 148 Å². The molecule has 2 aromatic rings.